The monoisotopic (exact) mass is 463 g/mol. The lowest BCUT2D eigenvalue weighted by Gasteiger charge is -2.34. The fraction of sp³-hybridized carbons (Fsp3) is 0.542. The van der Waals surface area contributed by atoms with E-state index in [0.717, 1.165) is 87.2 Å². The minimum absolute atomic E-state index is 0.0386. The number of rotatable bonds is 7. The first-order chi connectivity index (χ1) is 15.5. The van der Waals surface area contributed by atoms with Gasteiger partial charge < -0.3 is 9.64 Å². The van der Waals surface area contributed by atoms with Crippen LogP contribution in [-0.2, 0) is 22.4 Å². The average molecular weight is 464 g/mol. The maximum atomic E-state index is 14.5. The number of benzene rings is 1. The smallest absolute Gasteiger partial charge is 0.305 e. The number of esters is 1. The lowest BCUT2D eigenvalue weighted by Crippen LogP contribution is -2.35. The van der Waals surface area contributed by atoms with Crippen LogP contribution in [-0.4, -0.2) is 35.6 Å². The Balaban J connectivity index is 1.48. The number of halogens is 3. The SMILES string of the molecule is CCOC(=O)CCCC1CCN(c2nc(-c3cc(F)c(Cl)cc3F)nc3c2CCC3)CC1. The summed E-state index contributed by atoms with van der Waals surface area (Å²) in [5.74, 6) is 0.197. The molecular weight excluding hydrogens is 436 g/mol. The number of piperidine rings is 1. The number of ether oxygens (including phenoxy) is 1. The molecule has 0 amide bonds. The number of nitrogens with zero attached hydrogens (tertiary/aromatic N) is 3. The highest BCUT2D eigenvalue weighted by atomic mass is 35.5. The molecule has 4 rings (SSSR count). The van der Waals surface area contributed by atoms with Crippen molar-refractivity contribution in [3.05, 3.63) is 40.0 Å². The van der Waals surface area contributed by atoms with Gasteiger partial charge in [-0.2, -0.15) is 0 Å². The fourth-order valence-electron chi connectivity index (χ4n) is 4.69. The molecule has 1 aliphatic carbocycles. The van der Waals surface area contributed by atoms with Crippen LogP contribution in [0, 0.1) is 17.6 Å². The predicted octanol–water partition coefficient (Wildman–Crippen LogP) is 5.51. The molecule has 0 N–H and O–H groups in total. The molecule has 1 aromatic carbocycles. The summed E-state index contributed by atoms with van der Waals surface area (Å²) in [7, 11) is 0. The van der Waals surface area contributed by atoms with E-state index in [2.05, 4.69) is 9.88 Å². The van der Waals surface area contributed by atoms with E-state index in [1.165, 1.54) is 0 Å². The van der Waals surface area contributed by atoms with Crippen LogP contribution < -0.4 is 4.90 Å². The van der Waals surface area contributed by atoms with Gasteiger partial charge in [0.25, 0.3) is 0 Å². The summed E-state index contributed by atoms with van der Waals surface area (Å²) < 4.78 is 33.6. The third-order valence-corrected chi connectivity index (χ3v) is 6.66. The van der Waals surface area contributed by atoms with Gasteiger partial charge in [0.2, 0.25) is 0 Å². The average Bonchev–Trinajstić information content (AvgIpc) is 3.25. The van der Waals surface area contributed by atoms with Gasteiger partial charge in [-0.25, -0.2) is 18.7 Å². The summed E-state index contributed by atoms with van der Waals surface area (Å²) in [5, 5.41) is -0.252. The van der Waals surface area contributed by atoms with Crippen molar-refractivity contribution in [1.29, 1.82) is 0 Å². The molecule has 1 aromatic heterocycles. The van der Waals surface area contributed by atoms with Crippen LogP contribution >= 0.6 is 11.6 Å². The number of fused-ring (bicyclic) bond motifs is 1. The van der Waals surface area contributed by atoms with Gasteiger partial charge in [-0.05, 0) is 69.9 Å². The number of carbonyl (C=O) groups excluding carboxylic acids is 1. The maximum absolute atomic E-state index is 14.5. The van der Waals surface area contributed by atoms with Crippen LogP contribution in [0.1, 0.15) is 56.7 Å². The molecule has 1 fully saturated rings. The van der Waals surface area contributed by atoms with Crippen molar-refractivity contribution in [3.8, 4) is 11.4 Å². The molecule has 2 aliphatic rings. The maximum Gasteiger partial charge on any atom is 0.305 e. The first kappa shape index (κ1) is 22.9. The number of hydrogen-bond donors (Lipinski definition) is 0. The minimum Gasteiger partial charge on any atom is -0.466 e. The highest BCUT2D eigenvalue weighted by Crippen LogP contribution is 2.35. The normalized spacial score (nSPS) is 16.3. The molecule has 172 valence electrons. The third kappa shape index (κ3) is 5.03. The van der Waals surface area contributed by atoms with Crippen LogP contribution in [0.15, 0.2) is 12.1 Å². The molecule has 1 aliphatic heterocycles. The number of carbonyl (C=O) groups is 1. The van der Waals surface area contributed by atoms with Crippen molar-refractivity contribution in [3.63, 3.8) is 0 Å². The molecule has 0 atom stereocenters. The van der Waals surface area contributed by atoms with Crippen LogP contribution in [0.4, 0.5) is 14.6 Å². The van der Waals surface area contributed by atoms with Gasteiger partial charge in [-0.3, -0.25) is 4.79 Å². The van der Waals surface area contributed by atoms with Crippen molar-refractivity contribution >= 4 is 23.4 Å². The molecule has 0 spiro atoms. The summed E-state index contributed by atoms with van der Waals surface area (Å²) >= 11 is 5.71. The Kier molecular flexibility index (Phi) is 7.23. The second kappa shape index (κ2) is 10.1. The predicted molar refractivity (Wildman–Crippen MR) is 120 cm³/mol. The van der Waals surface area contributed by atoms with Gasteiger partial charge in [-0.15, -0.1) is 0 Å². The second-order valence-electron chi connectivity index (χ2n) is 8.52. The summed E-state index contributed by atoms with van der Waals surface area (Å²) in [4.78, 5) is 23.1. The van der Waals surface area contributed by atoms with Gasteiger partial charge in [0.05, 0.1) is 17.2 Å². The number of anilines is 1. The van der Waals surface area contributed by atoms with Crippen molar-refractivity contribution in [2.45, 2.75) is 58.3 Å². The van der Waals surface area contributed by atoms with Gasteiger partial charge in [0.1, 0.15) is 17.5 Å². The zero-order valence-electron chi connectivity index (χ0n) is 18.3. The van der Waals surface area contributed by atoms with E-state index in [9.17, 15) is 13.6 Å². The summed E-state index contributed by atoms with van der Waals surface area (Å²) in [5.41, 5.74) is 2.09. The molecule has 2 heterocycles. The first-order valence-electron chi connectivity index (χ1n) is 11.4. The fourth-order valence-corrected chi connectivity index (χ4v) is 4.84. The molecule has 5 nitrogen and oxygen atoms in total. The van der Waals surface area contributed by atoms with Gasteiger partial charge >= 0.3 is 5.97 Å². The van der Waals surface area contributed by atoms with E-state index >= 15 is 0 Å². The standard InChI is InChI=1S/C24H28ClF2N3O2/c1-2-32-22(31)8-3-5-15-9-11-30(12-10-15)24-16-6-4-7-21(16)28-23(29-24)17-13-20(27)18(25)14-19(17)26/h13-15H,2-12H2,1H3. The van der Waals surface area contributed by atoms with E-state index in [1.807, 2.05) is 6.92 Å². The van der Waals surface area contributed by atoms with Gasteiger partial charge in [0, 0.05) is 30.8 Å². The summed E-state index contributed by atoms with van der Waals surface area (Å²) in [6, 6.07) is 2.05. The minimum atomic E-state index is -0.683. The molecule has 32 heavy (non-hydrogen) atoms. The highest BCUT2D eigenvalue weighted by molar-refractivity contribution is 6.30. The van der Waals surface area contributed by atoms with Crippen LogP contribution in [0.5, 0.6) is 0 Å². The zero-order valence-corrected chi connectivity index (χ0v) is 19.1. The van der Waals surface area contributed by atoms with E-state index in [-0.39, 0.29) is 22.4 Å². The Labute approximate surface area is 192 Å². The molecular formula is C24H28ClF2N3O2. The summed E-state index contributed by atoms with van der Waals surface area (Å²) in [6.45, 7) is 3.95. The highest BCUT2D eigenvalue weighted by Gasteiger charge is 2.27. The van der Waals surface area contributed by atoms with Gasteiger partial charge in [0.15, 0.2) is 5.82 Å². The topological polar surface area (TPSA) is 55.3 Å². The Hall–Kier alpha value is -2.28. The van der Waals surface area contributed by atoms with Crippen LogP contribution in [0.25, 0.3) is 11.4 Å². The molecule has 1 saturated heterocycles. The Morgan fingerprint density at radius 2 is 1.97 bits per heavy atom. The molecule has 0 radical (unpaired) electrons. The largest absolute Gasteiger partial charge is 0.466 e. The molecule has 0 unspecified atom stereocenters. The van der Waals surface area contributed by atoms with E-state index in [4.69, 9.17) is 21.3 Å². The molecule has 0 bridgehead atoms. The van der Waals surface area contributed by atoms with E-state index < -0.39 is 11.6 Å². The quantitative estimate of drug-likeness (QED) is 0.400. The van der Waals surface area contributed by atoms with Crippen LogP contribution in [0.2, 0.25) is 5.02 Å². The van der Waals surface area contributed by atoms with Crippen molar-refractivity contribution in [2.24, 2.45) is 5.92 Å². The van der Waals surface area contributed by atoms with Crippen molar-refractivity contribution in [2.75, 3.05) is 24.6 Å². The molecule has 8 heteroatoms. The second-order valence-corrected chi connectivity index (χ2v) is 8.93. The Bertz CT molecular complexity index is 994. The van der Waals surface area contributed by atoms with Crippen molar-refractivity contribution < 1.29 is 18.3 Å². The third-order valence-electron chi connectivity index (χ3n) is 6.37. The lowest BCUT2D eigenvalue weighted by atomic mass is 9.91. The molecule has 2 aromatic rings. The van der Waals surface area contributed by atoms with E-state index in [1.54, 1.807) is 0 Å². The van der Waals surface area contributed by atoms with Gasteiger partial charge in [-0.1, -0.05) is 11.6 Å². The number of aromatic nitrogens is 2. The Morgan fingerprint density at radius 3 is 2.72 bits per heavy atom. The number of aryl methyl sites for hydroxylation is 1. The number of hydrogen-bond acceptors (Lipinski definition) is 5. The zero-order chi connectivity index (χ0) is 22.7. The lowest BCUT2D eigenvalue weighted by molar-refractivity contribution is -0.143. The first-order valence-corrected chi connectivity index (χ1v) is 11.8. The van der Waals surface area contributed by atoms with Crippen molar-refractivity contribution in [1.82, 2.24) is 9.97 Å². The summed E-state index contributed by atoms with van der Waals surface area (Å²) in [6.07, 6.45) is 7.07. The van der Waals surface area contributed by atoms with E-state index in [0.29, 0.717) is 18.9 Å². The Morgan fingerprint density at radius 1 is 1.19 bits per heavy atom. The van der Waals surface area contributed by atoms with Crippen LogP contribution in [0.3, 0.4) is 0 Å². The molecule has 0 saturated carbocycles.